The minimum absolute atomic E-state index is 0.128. The van der Waals surface area contributed by atoms with Gasteiger partial charge in [0.15, 0.2) is 5.76 Å². The van der Waals surface area contributed by atoms with Crippen molar-refractivity contribution in [3.63, 3.8) is 0 Å². The number of halogens is 1. The number of piperidine rings is 1. The van der Waals surface area contributed by atoms with Crippen molar-refractivity contribution in [3.8, 4) is 0 Å². The molecule has 2 heterocycles. The van der Waals surface area contributed by atoms with Crippen molar-refractivity contribution in [2.75, 3.05) is 19.6 Å². The lowest BCUT2D eigenvalue weighted by Crippen LogP contribution is -2.40. The van der Waals surface area contributed by atoms with Crippen LogP contribution in [-0.4, -0.2) is 30.4 Å². The van der Waals surface area contributed by atoms with Gasteiger partial charge in [-0.25, -0.2) is 0 Å². The molecule has 1 aromatic heterocycles. The van der Waals surface area contributed by atoms with E-state index in [2.05, 4.69) is 22.3 Å². The van der Waals surface area contributed by atoms with Gasteiger partial charge in [-0.1, -0.05) is 42.3 Å². The average Bonchev–Trinajstić information content (AvgIpc) is 3.06. The van der Waals surface area contributed by atoms with Gasteiger partial charge < -0.3 is 9.73 Å². The zero-order valence-electron chi connectivity index (χ0n) is 17.0. The van der Waals surface area contributed by atoms with Crippen LogP contribution in [0.1, 0.15) is 52.5 Å². The number of fused-ring (bicyclic) bond motifs is 1. The number of hydrogen-bond acceptors (Lipinski definition) is 3. The number of amides is 1. The third-order valence-electron chi connectivity index (χ3n) is 5.84. The van der Waals surface area contributed by atoms with Gasteiger partial charge in [-0.3, -0.25) is 9.69 Å². The van der Waals surface area contributed by atoms with Gasteiger partial charge in [-0.15, -0.1) is 0 Å². The fourth-order valence-corrected chi connectivity index (χ4v) is 4.32. The Bertz CT molecular complexity index is 1000. The predicted octanol–water partition coefficient (Wildman–Crippen LogP) is 5.66. The molecule has 4 rings (SSSR count). The highest BCUT2D eigenvalue weighted by molar-refractivity contribution is 6.30. The van der Waals surface area contributed by atoms with Gasteiger partial charge in [-0.2, -0.15) is 0 Å². The van der Waals surface area contributed by atoms with Crippen molar-refractivity contribution in [3.05, 3.63) is 69.9 Å². The van der Waals surface area contributed by atoms with E-state index in [1.165, 1.54) is 24.8 Å². The molecule has 0 spiro atoms. The summed E-state index contributed by atoms with van der Waals surface area (Å²) in [4.78, 5) is 15.4. The molecule has 0 aliphatic carbocycles. The molecule has 1 aliphatic heterocycles. The highest BCUT2D eigenvalue weighted by Crippen LogP contribution is 2.28. The van der Waals surface area contributed by atoms with Crippen molar-refractivity contribution in [2.45, 2.75) is 39.2 Å². The summed E-state index contributed by atoms with van der Waals surface area (Å²) in [7, 11) is 0. The first-order chi connectivity index (χ1) is 14.0. The van der Waals surface area contributed by atoms with Gasteiger partial charge in [0, 0.05) is 22.5 Å². The van der Waals surface area contributed by atoms with Crippen LogP contribution in [0.25, 0.3) is 11.0 Å². The van der Waals surface area contributed by atoms with Crippen molar-refractivity contribution in [1.29, 1.82) is 0 Å². The number of furan rings is 1. The normalized spacial score (nSPS) is 16.1. The van der Waals surface area contributed by atoms with E-state index in [-0.39, 0.29) is 11.9 Å². The van der Waals surface area contributed by atoms with E-state index in [4.69, 9.17) is 16.0 Å². The molecule has 1 unspecified atom stereocenters. The molecular formula is C24H27ClN2O2. The van der Waals surface area contributed by atoms with Crippen LogP contribution in [0.15, 0.2) is 46.9 Å². The van der Waals surface area contributed by atoms with Crippen LogP contribution in [-0.2, 0) is 0 Å². The predicted molar refractivity (Wildman–Crippen MR) is 118 cm³/mol. The van der Waals surface area contributed by atoms with Crippen LogP contribution in [0.4, 0.5) is 0 Å². The topological polar surface area (TPSA) is 45.5 Å². The van der Waals surface area contributed by atoms with E-state index in [0.717, 1.165) is 40.2 Å². The number of aryl methyl sites for hydroxylation is 2. The van der Waals surface area contributed by atoms with E-state index < -0.39 is 0 Å². The molecular weight excluding hydrogens is 384 g/mol. The second kappa shape index (κ2) is 8.60. The summed E-state index contributed by atoms with van der Waals surface area (Å²) in [6, 6.07) is 14.1. The molecule has 5 heteroatoms. The Labute approximate surface area is 176 Å². The quantitative estimate of drug-likeness (QED) is 0.590. The summed E-state index contributed by atoms with van der Waals surface area (Å²) in [6.45, 7) is 6.60. The van der Waals surface area contributed by atoms with Crippen LogP contribution >= 0.6 is 11.6 Å². The molecule has 1 amide bonds. The third kappa shape index (κ3) is 4.34. The van der Waals surface area contributed by atoms with Gasteiger partial charge in [0.25, 0.3) is 5.91 Å². The number of hydrogen-bond donors (Lipinski definition) is 1. The molecule has 1 atom stereocenters. The summed E-state index contributed by atoms with van der Waals surface area (Å²) >= 11 is 6.08. The molecule has 29 heavy (non-hydrogen) atoms. The first kappa shape index (κ1) is 20.0. The molecule has 0 saturated carbocycles. The average molecular weight is 411 g/mol. The van der Waals surface area contributed by atoms with Crippen LogP contribution in [0.5, 0.6) is 0 Å². The molecule has 0 bridgehead atoms. The lowest BCUT2D eigenvalue weighted by Gasteiger charge is -2.35. The highest BCUT2D eigenvalue weighted by atomic mass is 35.5. The Morgan fingerprint density at radius 3 is 2.55 bits per heavy atom. The summed E-state index contributed by atoms with van der Waals surface area (Å²) in [5.41, 5.74) is 3.94. The molecule has 1 N–H and O–H groups in total. The highest BCUT2D eigenvalue weighted by Gasteiger charge is 2.24. The SMILES string of the molecule is Cc1ccc2c(C)c(C(=O)NCC(c3ccc(Cl)cc3)N3CCCCC3)oc2c1. The van der Waals surface area contributed by atoms with E-state index in [1.54, 1.807) is 0 Å². The summed E-state index contributed by atoms with van der Waals surface area (Å²) < 4.78 is 5.90. The number of nitrogens with one attached hydrogen (secondary N) is 1. The lowest BCUT2D eigenvalue weighted by atomic mass is 10.0. The van der Waals surface area contributed by atoms with Crippen molar-refractivity contribution in [2.24, 2.45) is 0 Å². The Morgan fingerprint density at radius 2 is 1.83 bits per heavy atom. The number of likely N-dealkylation sites (tertiary alicyclic amines) is 1. The van der Waals surface area contributed by atoms with Crippen molar-refractivity contribution in [1.82, 2.24) is 10.2 Å². The van der Waals surface area contributed by atoms with Crippen molar-refractivity contribution < 1.29 is 9.21 Å². The lowest BCUT2D eigenvalue weighted by molar-refractivity contribution is 0.0898. The zero-order valence-corrected chi connectivity index (χ0v) is 17.8. The van der Waals surface area contributed by atoms with Crippen molar-refractivity contribution >= 4 is 28.5 Å². The van der Waals surface area contributed by atoms with Gasteiger partial charge in [-0.05, 0) is 69.1 Å². The largest absolute Gasteiger partial charge is 0.451 e. The molecule has 1 saturated heterocycles. The minimum Gasteiger partial charge on any atom is -0.451 e. The summed E-state index contributed by atoms with van der Waals surface area (Å²) in [5, 5.41) is 4.84. The van der Waals surface area contributed by atoms with Crippen LogP contribution in [0.2, 0.25) is 5.02 Å². The van der Waals surface area contributed by atoms with E-state index >= 15 is 0 Å². The molecule has 0 radical (unpaired) electrons. The summed E-state index contributed by atoms with van der Waals surface area (Å²) in [5.74, 6) is 0.242. The van der Waals surface area contributed by atoms with E-state index in [0.29, 0.717) is 12.3 Å². The van der Waals surface area contributed by atoms with Gasteiger partial charge in [0.1, 0.15) is 5.58 Å². The number of nitrogens with zero attached hydrogens (tertiary/aromatic N) is 1. The zero-order chi connectivity index (χ0) is 20.4. The maximum absolute atomic E-state index is 12.9. The number of carbonyl (C=O) groups is 1. The maximum atomic E-state index is 12.9. The van der Waals surface area contributed by atoms with Gasteiger partial charge in [0.2, 0.25) is 0 Å². The van der Waals surface area contributed by atoms with E-state index in [9.17, 15) is 4.79 Å². The first-order valence-electron chi connectivity index (χ1n) is 10.3. The number of benzene rings is 2. The standard InChI is InChI=1S/C24H27ClN2O2/c1-16-6-11-20-17(2)23(29-22(20)14-16)24(28)26-15-21(27-12-4-3-5-13-27)18-7-9-19(25)10-8-18/h6-11,14,21H,3-5,12-13,15H2,1-2H3,(H,26,28). The molecule has 1 aliphatic rings. The summed E-state index contributed by atoms with van der Waals surface area (Å²) in [6.07, 6.45) is 3.66. The Morgan fingerprint density at radius 1 is 1.10 bits per heavy atom. The Kier molecular flexibility index (Phi) is 5.93. The number of rotatable bonds is 5. The monoisotopic (exact) mass is 410 g/mol. The maximum Gasteiger partial charge on any atom is 0.287 e. The number of carbonyl (C=O) groups excluding carboxylic acids is 1. The van der Waals surface area contributed by atoms with Gasteiger partial charge >= 0.3 is 0 Å². The Hall–Kier alpha value is -2.30. The third-order valence-corrected chi connectivity index (χ3v) is 6.09. The van der Waals surface area contributed by atoms with Crippen LogP contribution in [0.3, 0.4) is 0 Å². The fourth-order valence-electron chi connectivity index (χ4n) is 4.19. The van der Waals surface area contributed by atoms with Crippen LogP contribution in [0, 0.1) is 13.8 Å². The molecule has 1 fully saturated rings. The first-order valence-corrected chi connectivity index (χ1v) is 10.7. The second-order valence-electron chi connectivity index (χ2n) is 7.93. The van der Waals surface area contributed by atoms with Gasteiger partial charge in [0.05, 0.1) is 6.04 Å². The van der Waals surface area contributed by atoms with E-state index in [1.807, 2.05) is 44.2 Å². The minimum atomic E-state index is -0.160. The molecule has 2 aromatic carbocycles. The molecule has 3 aromatic rings. The second-order valence-corrected chi connectivity index (χ2v) is 8.37. The molecule has 4 nitrogen and oxygen atoms in total. The molecule has 152 valence electrons. The Balaban J connectivity index is 1.54. The fraction of sp³-hybridized carbons (Fsp3) is 0.375. The smallest absolute Gasteiger partial charge is 0.287 e. The van der Waals surface area contributed by atoms with Crippen LogP contribution < -0.4 is 5.32 Å².